The van der Waals surface area contributed by atoms with Crippen LogP contribution >= 0.6 is 0 Å². The fourth-order valence-electron chi connectivity index (χ4n) is 1.68. The molecule has 2 rings (SSSR count). The predicted molar refractivity (Wildman–Crippen MR) is 68.3 cm³/mol. The highest BCUT2D eigenvalue weighted by Gasteiger charge is 2.05. The molecule has 2 aromatic carbocycles. The number of phenolic OH excluding ortho intramolecular Hbond substituents is 1. The molecule has 2 aromatic rings. The lowest BCUT2D eigenvalue weighted by Crippen LogP contribution is -2.02. The van der Waals surface area contributed by atoms with Crippen LogP contribution in [0.25, 0.3) is 0 Å². The fraction of sp³-hybridized carbons (Fsp3) is 0.143. The minimum atomic E-state index is -0.490. The van der Waals surface area contributed by atoms with Gasteiger partial charge in [0.05, 0.1) is 7.11 Å². The van der Waals surface area contributed by atoms with Crippen molar-refractivity contribution in [3.05, 3.63) is 53.6 Å². The van der Waals surface area contributed by atoms with Crippen LogP contribution in [-0.4, -0.2) is 12.2 Å². The number of methoxy groups -OCH3 is 1. The minimum Gasteiger partial charge on any atom is -0.504 e. The van der Waals surface area contributed by atoms with E-state index in [1.54, 1.807) is 12.1 Å². The van der Waals surface area contributed by atoms with Gasteiger partial charge in [0.25, 0.3) is 0 Å². The zero-order valence-electron chi connectivity index (χ0n) is 10.3. The highest BCUT2D eigenvalue weighted by molar-refractivity contribution is 5.54. The van der Waals surface area contributed by atoms with Gasteiger partial charge in [-0.3, -0.25) is 0 Å². The van der Waals surface area contributed by atoms with E-state index in [0.717, 1.165) is 18.2 Å². The van der Waals surface area contributed by atoms with Crippen molar-refractivity contribution < 1.29 is 18.6 Å². The summed E-state index contributed by atoms with van der Waals surface area (Å²) in [4.78, 5) is 0. The van der Waals surface area contributed by atoms with Crippen LogP contribution in [0, 0.1) is 11.6 Å². The Balaban J connectivity index is 2.10. The normalized spacial score (nSPS) is 10.3. The van der Waals surface area contributed by atoms with Gasteiger partial charge in [0.1, 0.15) is 11.6 Å². The molecule has 0 saturated heterocycles. The third-order valence-corrected chi connectivity index (χ3v) is 2.67. The van der Waals surface area contributed by atoms with Gasteiger partial charge in [-0.25, -0.2) is 8.78 Å². The summed E-state index contributed by atoms with van der Waals surface area (Å²) in [7, 11) is 1.45. The topological polar surface area (TPSA) is 41.5 Å². The van der Waals surface area contributed by atoms with Crippen molar-refractivity contribution >= 4 is 5.69 Å². The summed E-state index contributed by atoms with van der Waals surface area (Å²) in [6, 6.07) is 7.99. The largest absolute Gasteiger partial charge is 0.504 e. The summed E-state index contributed by atoms with van der Waals surface area (Å²) in [6.07, 6.45) is 0. The Bertz CT molecular complexity index is 588. The van der Waals surface area contributed by atoms with Crippen molar-refractivity contribution in [3.8, 4) is 11.5 Å². The molecule has 100 valence electrons. The van der Waals surface area contributed by atoms with Crippen LogP contribution < -0.4 is 10.1 Å². The molecule has 0 atom stereocenters. The summed E-state index contributed by atoms with van der Waals surface area (Å²) in [5.41, 5.74) is 0.803. The number of halogens is 2. The third kappa shape index (κ3) is 3.13. The molecule has 0 saturated carbocycles. The van der Waals surface area contributed by atoms with Crippen molar-refractivity contribution in [2.45, 2.75) is 6.54 Å². The number of ether oxygens (including phenoxy) is 1. The molecule has 0 amide bonds. The summed E-state index contributed by atoms with van der Waals surface area (Å²) in [6.45, 7) is 0.120. The molecular weight excluding hydrogens is 252 g/mol. The van der Waals surface area contributed by atoms with Crippen molar-refractivity contribution in [2.24, 2.45) is 0 Å². The van der Waals surface area contributed by atoms with Gasteiger partial charge in [-0.05, 0) is 30.3 Å². The monoisotopic (exact) mass is 265 g/mol. The summed E-state index contributed by atoms with van der Waals surface area (Å²) in [5, 5.41) is 12.5. The highest BCUT2D eigenvalue weighted by Crippen LogP contribution is 2.28. The van der Waals surface area contributed by atoms with E-state index in [9.17, 15) is 13.9 Å². The number of hydrogen-bond donors (Lipinski definition) is 2. The number of phenols is 1. The first kappa shape index (κ1) is 13.1. The zero-order chi connectivity index (χ0) is 13.8. The summed E-state index contributed by atoms with van der Waals surface area (Å²) < 4.78 is 31.3. The van der Waals surface area contributed by atoms with E-state index in [4.69, 9.17) is 4.74 Å². The van der Waals surface area contributed by atoms with Crippen molar-refractivity contribution in [2.75, 3.05) is 12.4 Å². The molecule has 0 radical (unpaired) electrons. The van der Waals surface area contributed by atoms with E-state index in [0.29, 0.717) is 11.4 Å². The van der Waals surface area contributed by atoms with Crippen LogP contribution in [0.4, 0.5) is 14.5 Å². The van der Waals surface area contributed by atoms with Crippen LogP contribution in [0.5, 0.6) is 11.5 Å². The fourth-order valence-corrected chi connectivity index (χ4v) is 1.68. The third-order valence-electron chi connectivity index (χ3n) is 2.67. The minimum absolute atomic E-state index is 0.0211. The van der Waals surface area contributed by atoms with Crippen LogP contribution in [0.15, 0.2) is 36.4 Å². The van der Waals surface area contributed by atoms with Crippen molar-refractivity contribution in [3.63, 3.8) is 0 Å². The molecule has 0 bridgehead atoms. The SMILES string of the molecule is COc1ccc(NCc2cc(F)ccc2F)cc1O. The predicted octanol–water partition coefficient (Wildman–Crippen LogP) is 3.29. The van der Waals surface area contributed by atoms with E-state index in [2.05, 4.69) is 5.32 Å². The molecule has 0 aromatic heterocycles. The van der Waals surface area contributed by atoms with E-state index in [1.165, 1.54) is 13.2 Å². The number of aromatic hydroxyl groups is 1. The van der Waals surface area contributed by atoms with Gasteiger partial charge in [-0.15, -0.1) is 0 Å². The number of nitrogens with one attached hydrogen (secondary N) is 1. The van der Waals surface area contributed by atoms with Crippen LogP contribution in [0.2, 0.25) is 0 Å². The van der Waals surface area contributed by atoms with E-state index in [1.807, 2.05) is 0 Å². The molecular formula is C14H13F2NO2. The van der Waals surface area contributed by atoms with Crippen LogP contribution in [0.3, 0.4) is 0 Å². The van der Waals surface area contributed by atoms with Crippen molar-refractivity contribution in [1.82, 2.24) is 0 Å². The summed E-state index contributed by atoms with van der Waals surface area (Å²) >= 11 is 0. The van der Waals surface area contributed by atoms with Gasteiger partial charge in [-0.2, -0.15) is 0 Å². The Labute approximate surface area is 109 Å². The van der Waals surface area contributed by atoms with Gasteiger partial charge in [0, 0.05) is 23.9 Å². The Morgan fingerprint density at radius 2 is 1.95 bits per heavy atom. The molecule has 0 spiro atoms. The molecule has 19 heavy (non-hydrogen) atoms. The Morgan fingerprint density at radius 1 is 1.16 bits per heavy atom. The number of hydrogen-bond acceptors (Lipinski definition) is 3. The zero-order valence-corrected chi connectivity index (χ0v) is 10.3. The molecule has 5 heteroatoms. The average Bonchev–Trinajstić information content (AvgIpc) is 2.40. The molecule has 3 nitrogen and oxygen atoms in total. The lowest BCUT2D eigenvalue weighted by atomic mass is 10.2. The first-order chi connectivity index (χ1) is 9.10. The van der Waals surface area contributed by atoms with Gasteiger partial charge >= 0.3 is 0 Å². The Morgan fingerprint density at radius 3 is 2.63 bits per heavy atom. The van der Waals surface area contributed by atoms with Crippen LogP contribution in [0.1, 0.15) is 5.56 Å². The van der Waals surface area contributed by atoms with Gasteiger partial charge in [0.15, 0.2) is 11.5 Å². The second-order valence-electron chi connectivity index (χ2n) is 3.98. The molecule has 0 fully saturated rings. The number of anilines is 1. The standard InChI is InChI=1S/C14H13F2NO2/c1-19-14-5-3-11(7-13(14)18)17-8-9-6-10(15)2-4-12(9)16/h2-7,17-18H,8H2,1H3. The van der Waals surface area contributed by atoms with Gasteiger partial charge in [0.2, 0.25) is 0 Å². The maximum Gasteiger partial charge on any atom is 0.160 e. The molecule has 2 N–H and O–H groups in total. The smallest absolute Gasteiger partial charge is 0.160 e. The maximum absolute atomic E-state index is 13.4. The molecule has 0 aliphatic heterocycles. The first-order valence-electron chi connectivity index (χ1n) is 5.65. The lowest BCUT2D eigenvalue weighted by Gasteiger charge is -2.09. The molecule has 0 unspecified atom stereocenters. The molecule has 0 aliphatic carbocycles. The lowest BCUT2D eigenvalue weighted by molar-refractivity contribution is 0.373. The van der Waals surface area contributed by atoms with Gasteiger partial charge < -0.3 is 15.2 Å². The van der Waals surface area contributed by atoms with Crippen molar-refractivity contribution in [1.29, 1.82) is 0 Å². The Hall–Kier alpha value is -2.30. The number of benzene rings is 2. The highest BCUT2D eigenvalue weighted by atomic mass is 19.1. The van der Waals surface area contributed by atoms with E-state index in [-0.39, 0.29) is 17.9 Å². The quantitative estimate of drug-likeness (QED) is 0.891. The first-order valence-corrected chi connectivity index (χ1v) is 5.65. The Kier molecular flexibility index (Phi) is 3.85. The maximum atomic E-state index is 13.4. The second kappa shape index (κ2) is 5.56. The summed E-state index contributed by atoms with van der Waals surface area (Å²) in [5.74, 6) is -0.642. The van der Waals surface area contributed by atoms with Crippen LogP contribution in [-0.2, 0) is 6.54 Å². The van der Waals surface area contributed by atoms with E-state index < -0.39 is 11.6 Å². The molecule has 0 aliphatic rings. The molecule has 0 heterocycles. The van der Waals surface area contributed by atoms with E-state index >= 15 is 0 Å². The average molecular weight is 265 g/mol. The number of rotatable bonds is 4. The second-order valence-corrected chi connectivity index (χ2v) is 3.98. The van der Waals surface area contributed by atoms with Gasteiger partial charge in [-0.1, -0.05) is 0 Å².